The van der Waals surface area contributed by atoms with Crippen molar-refractivity contribution in [1.82, 2.24) is 24.8 Å². The fourth-order valence-electron chi connectivity index (χ4n) is 2.61. The maximum atomic E-state index is 5.88. The van der Waals surface area contributed by atoms with E-state index in [9.17, 15) is 0 Å². The number of rotatable bonds is 4. The first kappa shape index (κ1) is 14.8. The second-order valence-corrected chi connectivity index (χ2v) is 5.23. The van der Waals surface area contributed by atoms with Gasteiger partial charge in [0.15, 0.2) is 0 Å². The van der Waals surface area contributed by atoms with Crippen LogP contribution in [0.15, 0.2) is 24.7 Å². The molecule has 3 rings (SSSR count). The maximum Gasteiger partial charge on any atom is 0.150 e. The van der Waals surface area contributed by atoms with Gasteiger partial charge < -0.3 is 10.1 Å². The molecule has 0 bridgehead atoms. The number of anilines is 1. The highest BCUT2D eigenvalue weighted by molar-refractivity contribution is 5.40. The number of aryl methyl sites for hydroxylation is 1. The Morgan fingerprint density at radius 1 is 1.27 bits per heavy atom. The molecular weight excluding hydrogens is 280 g/mol. The molecule has 1 aliphatic rings. The number of nitrogens with one attached hydrogen (secondary N) is 1. The van der Waals surface area contributed by atoms with Crippen LogP contribution >= 0.6 is 0 Å². The van der Waals surface area contributed by atoms with Crippen molar-refractivity contribution in [2.75, 3.05) is 32.1 Å². The molecule has 7 nitrogen and oxygen atoms in total. The van der Waals surface area contributed by atoms with Crippen LogP contribution in [0.2, 0.25) is 0 Å². The van der Waals surface area contributed by atoms with Gasteiger partial charge in [-0.2, -0.15) is 0 Å². The van der Waals surface area contributed by atoms with Gasteiger partial charge in [-0.3, -0.25) is 9.88 Å². The predicted octanol–water partition coefficient (Wildman–Crippen LogP) is 1.19. The molecule has 0 unspecified atom stereocenters. The van der Waals surface area contributed by atoms with Crippen molar-refractivity contribution in [3.05, 3.63) is 41.9 Å². The summed E-state index contributed by atoms with van der Waals surface area (Å²) in [5.74, 6) is 1.57. The minimum atomic E-state index is -0.0761. The summed E-state index contributed by atoms with van der Waals surface area (Å²) in [7, 11) is 1.85. The van der Waals surface area contributed by atoms with Gasteiger partial charge in [0.2, 0.25) is 0 Å². The van der Waals surface area contributed by atoms with E-state index in [2.05, 4.69) is 30.2 Å². The quantitative estimate of drug-likeness (QED) is 0.909. The van der Waals surface area contributed by atoms with Crippen molar-refractivity contribution in [1.29, 1.82) is 0 Å². The molecule has 1 fully saturated rings. The summed E-state index contributed by atoms with van der Waals surface area (Å²) in [5.41, 5.74) is 1.88. The standard InChI is InChI=1S/C15H20N6O/c1-11-17-4-3-12(20-11)9-21-7-8-22-13(10-21)14-15(16-2)19-6-5-18-14/h3-6,13H,7-10H2,1-2H3,(H,16,19)/t13-/m0/s1. The van der Waals surface area contributed by atoms with Gasteiger partial charge in [0.25, 0.3) is 0 Å². The van der Waals surface area contributed by atoms with Crippen molar-refractivity contribution in [2.45, 2.75) is 19.6 Å². The minimum absolute atomic E-state index is 0.0761. The van der Waals surface area contributed by atoms with Crippen molar-refractivity contribution < 1.29 is 4.74 Å². The van der Waals surface area contributed by atoms with Gasteiger partial charge in [0.1, 0.15) is 23.4 Å². The third-order valence-electron chi connectivity index (χ3n) is 3.64. The van der Waals surface area contributed by atoms with E-state index < -0.39 is 0 Å². The van der Waals surface area contributed by atoms with Gasteiger partial charge in [0.05, 0.1) is 12.3 Å². The highest BCUT2D eigenvalue weighted by atomic mass is 16.5. The number of aromatic nitrogens is 4. The fourth-order valence-corrected chi connectivity index (χ4v) is 2.61. The Balaban J connectivity index is 1.71. The molecule has 116 valence electrons. The average molecular weight is 300 g/mol. The molecular formula is C15H20N6O. The van der Waals surface area contributed by atoms with E-state index in [4.69, 9.17) is 4.74 Å². The summed E-state index contributed by atoms with van der Waals surface area (Å²) in [6, 6.07) is 1.96. The molecule has 22 heavy (non-hydrogen) atoms. The minimum Gasteiger partial charge on any atom is -0.372 e. The van der Waals surface area contributed by atoms with Gasteiger partial charge in [0, 0.05) is 45.3 Å². The lowest BCUT2D eigenvalue weighted by atomic mass is 10.2. The molecule has 1 saturated heterocycles. The van der Waals surface area contributed by atoms with Crippen LogP contribution in [0.25, 0.3) is 0 Å². The monoisotopic (exact) mass is 300 g/mol. The number of ether oxygens (including phenoxy) is 1. The Morgan fingerprint density at radius 2 is 2.14 bits per heavy atom. The van der Waals surface area contributed by atoms with Crippen LogP contribution in [-0.4, -0.2) is 51.6 Å². The zero-order valence-electron chi connectivity index (χ0n) is 12.9. The summed E-state index contributed by atoms with van der Waals surface area (Å²) in [6.45, 7) is 5.03. The van der Waals surface area contributed by atoms with E-state index in [-0.39, 0.29) is 6.10 Å². The van der Waals surface area contributed by atoms with Crippen LogP contribution in [0, 0.1) is 6.92 Å². The molecule has 2 aromatic rings. The van der Waals surface area contributed by atoms with Gasteiger partial charge in [-0.05, 0) is 13.0 Å². The summed E-state index contributed by atoms with van der Waals surface area (Å²) >= 11 is 0. The third-order valence-corrected chi connectivity index (χ3v) is 3.64. The zero-order valence-corrected chi connectivity index (χ0v) is 12.9. The lowest BCUT2D eigenvalue weighted by Gasteiger charge is -2.32. The molecule has 1 atom stereocenters. The zero-order chi connectivity index (χ0) is 15.4. The van der Waals surface area contributed by atoms with Crippen LogP contribution in [-0.2, 0) is 11.3 Å². The molecule has 7 heteroatoms. The van der Waals surface area contributed by atoms with Crippen molar-refractivity contribution in [3.63, 3.8) is 0 Å². The number of nitrogens with zero attached hydrogens (tertiary/aromatic N) is 5. The molecule has 0 spiro atoms. The van der Waals surface area contributed by atoms with Crippen molar-refractivity contribution in [2.24, 2.45) is 0 Å². The van der Waals surface area contributed by atoms with Gasteiger partial charge in [-0.1, -0.05) is 0 Å². The first-order valence-electron chi connectivity index (χ1n) is 7.37. The SMILES string of the molecule is CNc1nccnc1[C@@H]1CN(Cc2ccnc(C)n2)CCO1. The van der Waals surface area contributed by atoms with E-state index in [0.29, 0.717) is 6.61 Å². The molecule has 1 N–H and O–H groups in total. The third kappa shape index (κ3) is 3.37. The van der Waals surface area contributed by atoms with Crippen LogP contribution in [0.5, 0.6) is 0 Å². The van der Waals surface area contributed by atoms with Gasteiger partial charge in [-0.25, -0.2) is 15.0 Å². The number of morpholine rings is 1. The maximum absolute atomic E-state index is 5.88. The Hall–Kier alpha value is -2.12. The summed E-state index contributed by atoms with van der Waals surface area (Å²) in [5, 5.41) is 3.07. The Bertz CT molecular complexity index is 635. The van der Waals surface area contributed by atoms with Crippen LogP contribution in [0.3, 0.4) is 0 Å². The van der Waals surface area contributed by atoms with E-state index in [0.717, 1.165) is 42.7 Å². The Labute approximate surface area is 129 Å². The molecule has 0 saturated carbocycles. The molecule has 1 aliphatic heterocycles. The highest BCUT2D eigenvalue weighted by Gasteiger charge is 2.25. The van der Waals surface area contributed by atoms with Crippen LogP contribution < -0.4 is 5.32 Å². The van der Waals surface area contributed by atoms with E-state index in [1.54, 1.807) is 18.6 Å². The molecule has 0 radical (unpaired) electrons. The first-order chi connectivity index (χ1) is 10.8. The normalized spacial score (nSPS) is 19.1. The molecule has 0 aromatic carbocycles. The van der Waals surface area contributed by atoms with E-state index in [1.807, 2.05) is 20.0 Å². The van der Waals surface area contributed by atoms with Gasteiger partial charge in [-0.15, -0.1) is 0 Å². The topological polar surface area (TPSA) is 76.1 Å². The fraction of sp³-hybridized carbons (Fsp3) is 0.467. The van der Waals surface area contributed by atoms with E-state index >= 15 is 0 Å². The molecule has 3 heterocycles. The predicted molar refractivity (Wildman–Crippen MR) is 82.3 cm³/mol. The molecule has 0 amide bonds. The average Bonchev–Trinajstić information content (AvgIpc) is 2.55. The van der Waals surface area contributed by atoms with Crippen LogP contribution in [0.4, 0.5) is 5.82 Å². The first-order valence-corrected chi connectivity index (χ1v) is 7.37. The second-order valence-electron chi connectivity index (χ2n) is 5.23. The Morgan fingerprint density at radius 3 is 2.95 bits per heavy atom. The highest BCUT2D eigenvalue weighted by Crippen LogP contribution is 2.25. The van der Waals surface area contributed by atoms with Crippen LogP contribution in [0.1, 0.15) is 23.3 Å². The lowest BCUT2D eigenvalue weighted by Crippen LogP contribution is -2.38. The number of hydrogen-bond acceptors (Lipinski definition) is 7. The summed E-state index contributed by atoms with van der Waals surface area (Å²) in [6.07, 6.45) is 5.11. The summed E-state index contributed by atoms with van der Waals surface area (Å²) < 4.78 is 5.88. The largest absolute Gasteiger partial charge is 0.372 e. The molecule has 2 aromatic heterocycles. The Kier molecular flexibility index (Phi) is 4.55. The number of hydrogen-bond donors (Lipinski definition) is 1. The smallest absolute Gasteiger partial charge is 0.150 e. The lowest BCUT2D eigenvalue weighted by molar-refractivity contribution is -0.0351. The van der Waals surface area contributed by atoms with E-state index in [1.165, 1.54) is 0 Å². The molecule has 0 aliphatic carbocycles. The van der Waals surface area contributed by atoms with Crippen molar-refractivity contribution in [3.8, 4) is 0 Å². The second kappa shape index (κ2) is 6.76. The summed E-state index contributed by atoms with van der Waals surface area (Å²) in [4.78, 5) is 19.7. The van der Waals surface area contributed by atoms with Gasteiger partial charge >= 0.3 is 0 Å². The van der Waals surface area contributed by atoms with Crippen molar-refractivity contribution >= 4 is 5.82 Å².